The molecule has 0 bridgehead atoms. The smallest absolute Gasteiger partial charge is 0.253 e. The summed E-state index contributed by atoms with van der Waals surface area (Å²) in [4.78, 5) is 26.3. The molecule has 168 valence electrons. The standard InChI is InChI=1S/C25H25FN6O/c1-16-5-4-6-21(15-16)32-24-22(17(2)29-32)23(27-18(3)28-24)30-11-13-31(14-12-30)25(33)19-7-9-20(26)10-8-19/h4-10,15H,11-14H2,1-3H3. The molecule has 3 heterocycles. The molecule has 1 fully saturated rings. The maximum atomic E-state index is 13.2. The Morgan fingerprint density at radius 2 is 1.67 bits per heavy atom. The highest BCUT2D eigenvalue weighted by molar-refractivity contribution is 5.95. The fourth-order valence-electron chi connectivity index (χ4n) is 4.33. The van der Waals surface area contributed by atoms with Crippen LogP contribution >= 0.6 is 0 Å². The van der Waals surface area contributed by atoms with Gasteiger partial charge in [-0.05, 0) is 62.7 Å². The van der Waals surface area contributed by atoms with Crippen LogP contribution in [0.25, 0.3) is 16.7 Å². The van der Waals surface area contributed by atoms with E-state index in [1.54, 1.807) is 4.90 Å². The van der Waals surface area contributed by atoms with E-state index < -0.39 is 0 Å². The summed E-state index contributed by atoms with van der Waals surface area (Å²) in [5.41, 5.74) is 4.27. The highest BCUT2D eigenvalue weighted by Gasteiger charge is 2.26. The van der Waals surface area contributed by atoms with Crippen LogP contribution in [0.1, 0.15) is 27.4 Å². The quantitative estimate of drug-likeness (QED) is 0.480. The minimum absolute atomic E-state index is 0.0814. The Kier molecular flexibility index (Phi) is 5.28. The lowest BCUT2D eigenvalue weighted by Crippen LogP contribution is -2.49. The van der Waals surface area contributed by atoms with Crippen LogP contribution in [0.2, 0.25) is 0 Å². The number of fused-ring (bicyclic) bond motifs is 1. The predicted molar refractivity (Wildman–Crippen MR) is 125 cm³/mol. The second-order valence-electron chi connectivity index (χ2n) is 8.42. The summed E-state index contributed by atoms with van der Waals surface area (Å²) in [5, 5.41) is 5.71. The van der Waals surface area contributed by atoms with Crippen LogP contribution in [-0.2, 0) is 0 Å². The van der Waals surface area contributed by atoms with Crippen molar-refractivity contribution in [2.24, 2.45) is 0 Å². The van der Waals surface area contributed by atoms with Crippen LogP contribution in [0.3, 0.4) is 0 Å². The Balaban J connectivity index is 1.44. The molecule has 0 aliphatic carbocycles. The van der Waals surface area contributed by atoms with Gasteiger partial charge in [-0.25, -0.2) is 19.0 Å². The van der Waals surface area contributed by atoms with Crippen molar-refractivity contribution in [2.75, 3.05) is 31.1 Å². The molecule has 0 radical (unpaired) electrons. The summed E-state index contributed by atoms with van der Waals surface area (Å²) in [7, 11) is 0. The molecule has 0 saturated carbocycles. The van der Waals surface area contributed by atoms with Gasteiger partial charge in [-0.2, -0.15) is 5.10 Å². The molecular formula is C25H25FN6O. The van der Waals surface area contributed by atoms with Crippen LogP contribution in [0.4, 0.5) is 10.2 Å². The predicted octanol–water partition coefficient (Wildman–Crippen LogP) is 3.84. The zero-order valence-corrected chi connectivity index (χ0v) is 18.9. The first-order chi connectivity index (χ1) is 15.9. The lowest BCUT2D eigenvalue weighted by atomic mass is 10.1. The van der Waals surface area contributed by atoms with Crippen LogP contribution in [0.15, 0.2) is 48.5 Å². The summed E-state index contributed by atoms with van der Waals surface area (Å²) in [6.45, 7) is 8.34. The number of piperazine rings is 1. The van der Waals surface area contributed by atoms with Gasteiger partial charge in [0.15, 0.2) is 5.65 Å². The lowest BCUT2D eigenvalue weighted by molar-refractivity contribution is 0.0746. The SMILES string of the molecule is Cc1cccc(-n2nc(C)c3c(N4CCN(C(=O)c5ccc(F)cc5)CC4)nc(C)nc32)c1. The number of aromatic nitrogens is 4. The number of aryl methyl sites for hydroxylation is 3. The second-order valence-corrected chi connectivity index (χ2v) is 8.42. The van der Waals surface area contributed by atoms with Gasteiger partial charge < -0.3 is 9.80 Å². The largest absolute Gasteiger partial charge is 0.352 e. The first kappa shape index (κ1) is 21.1. The Morgan fingerprint density at radius 1 is 0.939 bits per heavy atom. The fraction of sp³-hybridized carbons (Fsp3) is 0.280. The van der Waals surface area contributed by atoms with Crippen molar-refractivity contribution in [3.05, 3.63) is 77.0 Å². The number of halogens is 1. The molecule has 1 aliphatic heterocycles. The molecule has 2 aromatic heterocycles. The molecule has 8 heteroatoms. The molecule has 7 nitrogen and oxygen atoms in total. The van der Waals surface area contributed by atoms with Crippen molar-refractivity contribution in [2.45, 2.75) is 20.8 Å². The number of anilines is 1. The minimum atomic E-state index is -0.346. The Bertz CT molecular complexity index is 1340. The van der Waals surface area contributed by atoms with Crippen LogP contribution < -0.4 is 4.90 Å². The van der Waals surface area contributed by atoms with Crippen molar-refractivity contribution in [3.63, 3.8) is 0 Å². The van der Waals surface area contributed by atoms with Crippen LogP contribution in [0.5, 0.6) is 0 Å². The van der Waals surface area contributed by atoms with E-state index in [1.165, 1.54) is 24.3 Å². The van der Waals surface area contributed by atoms with Crippen molar-refractivity contribution < 1.29 is 9.18 Å². The van der Waals surface area contributed by atoms with Gasteiger partial charge in [-0.1, -0.05) is 12.1 Å². The third-order valence-electron chi connectivity index (χ3n) is 6.00. The van der Waals surface area contributed by atoms with Gasteiger partial charge >= 0.3 is 0 Å². The number of benzene rings is 2. The number of nitrogens with zero attached hydrogens (tertiary/aromatic N) is 6. The van der Waals surface area contributed by atoms with Crippen LogP contribution in [0, 0.1) is 26.6 Å². The summed E-state index contributed by atoms with van der Waals surface area (Å²) in [6, 6.07) is 13.9. The van der Waals surface area contributed by atoms with Gasteiger partial charge in [-0.3, -0.25) is 4.79 Å². The van der Waals surface area contributed by atoms with E-state index in [0.717, 1.165) is 33.8 Å². The third kappa shape index (κ3) is 3.92. The summed E-state index contributed by atoms with van der Waals surface area (Å²) < 4.78 is 15.1. The summed E-state index contributed by atoms with van der Waals surface area (Å²) >= 11 is 0. The first-order valence-electron chi connectivity index (χ1n) is 11.0. The van der Waals surface area contributed by atoms with Gasteiger partial charge in [0.1, 0.15) is 17.5 Å². The van der Waals surface area contributed by atoms with Crippen molar-refractivity contribution in [1.82, 2.24) is 24.6 Å². The summed E-state index contributed by atoms with van der Waals surface area (Å²) in [6.07, 6.45) is 0. The van der Waals surface area contributed by atoms with E-state index in [-0.39, 0.29) is 11.7 Å². The number of hydrogen-bond donors (Lipinski definition) is 0. The summed E-state index contributed by atoms with van der Waals surface area (Å²) in [5.74, 6) is 1.10. The molecule has 33 heavy (non-hydrogen) atoms. The number of carbonyl (C=O) groups is 1. The number of hydrogen-bond acceptors (Lipinski definition) is 5. The fourth-order valence-corrected chi connectivity index (χ4v) is 4.33. The zero-order valence-electron chi connectivity index (χ0n) is 18.9. The third-order valence-corrected chi connectivity index (χ3v) is 6.00. The van der Waals surface area contributed by atoms with Crippen molar-refractivity contribution in [3.8, 4) is 5.69 Å². The van der Waals surface area contributed by atoms with Crippen LogP contribution in [-0.4, -0.2) is 56.7 Å². The van der Waals surface area contributed by atoms with Gasteiger partial charge in [0.05, 0.1) is 16.8 Å². The van der Waals surface area contributed by atoms with E-state index in [2.05, 4.69) is 24.0 Å². The molecular weight excluding hydrogens is 419 g/mol. The monoisotopic (exact) mass is 444 g/mol. The minimum Gasteiger partial charge on any atom is -0.352 e. The van der Waals surface area contributed by atoms with E-state index in [9.17, 15) is 9.18 Å². The molecule has 1 amide bonds. The van der Waals surface area contributed by atoms with Gasteiger partial charge in [0.25, 0.3) is 5.91 Å². The van der Waals surface area contributed by atoms with E-state index >= 15 is 0 Å². The second kappa shape index (κ2) is 8.27. The molecule has 2 aromatic carbocycles. The van der Waals surface area contributed by atoms with E-state index in [0.29, 0.717) is 37.6 Å². The number of carbonyl (C=O) groups excluding carboxylic acids is 1. The lowest BCUT2D eigenvalue weighted by Gasteiger charge is -2.35. The average Bonchev–Trinajstić information content (AvgIpc) is 3.15. The Morgan fingerprint density at radius 3 is 2.36 bits per heavy atom. The molecule has 5 rings (SSSR count). The van der Waals surface area contributed by atoms with Gasteiger partial charge in [0.2, 0.25) is 0 Å². The maximum Gasteiger partial charge on any atom is 0.253 e. The Hall–Kier alpha value is -3.81. The molecule has 0 atom stereocenters. The van der Waals surface area contributed by atoms with Gasteiger partial charge in [0, 0.05) is 31.7 Å². The zero-order chi connectivity index (χ0) is 23.1. The molecule has 0 spiro atoms. The van der Waals surface area contributed by atoms with Gasteiger partial charge in [-0.15, -0.1) is 0 Å². The normalized spacial score (nSPS) is 14.2. The molecule has 1 saturated heterocycles. The topological polar surface area (TPSA) is 67.2 Å². The Labute approximate surface area is 191 Å². The number of amides is 1. The molecule has 4 aromatic rings. The molecule has 0 N–H and O–H groups in total. The highest BCUT2D eigenvalue weighted by atomic mass is 19.1. The maximum absolute atomic E-state index is 13.2. The van der Waals surface area contributed by atoms with E-state index in [1.807, 2.05) is 30.7 Å². The van der Waals surface area contributed by atoms with Crippen molar-refractivity contribution >= 4 is 22.8 Å². The molecule has 0 unspecified atom stereocenters. The first-order valence-corrected chi connectivity index (χ1v) is 11.0. The van der Waals surface area contributed by atoms with Crippen molar-refractivity contribution in [1.29, 1.82) is 0 Å². The molecule has 1 aliphatic rings. The number of rotatable bonds is 3. The van der Waals surface area contributed by atoms with E-state index in [4.69, 9.17) is 15.1 Å². The highest BCUT2D eigenvalue weighted by Crippen LogP contribution is 2.30. The average molecular weight is 445 g/mol.